The van der Waals surface area contributed by atoms with E-state index in [9.17, 15) is 9.59 Å². The number of aromatic nitrogens is 2. The molecule has 0 bridgehead atoms. The van der Waals surface area contributed by atoms with Crippen molar-refractivity contribution in [1.29, 1.82) is 0 Å². The molecular formula is C18H16N2O4. The highest BCUT2D eigenvalue weighted by molar-refractivity contribution is 5.93. The summed E-state index contributed by atoms with van der Waals surface area (Å²) in [6, 6.07) is 13.7. The van der Waals surface area contributed by atoms with Crippen LogP contribution in [0.25, 0.3) is 11.0 Å². The predicted molar refractivity (Wildman–Crippen MR) is 87.7 cm³/mol. The molecule has 0 saturated heterocycles. The number of ether oxygens (including phenoxy) is 2. The maximum atomic E-state index is 12.2. The number of imidazole rings is 1. The second-order valence-corrected chi connectivity index (χ2v) is 5.26. The van der Waals surface area contributed by atoms with Gasteiger partial charge in [0.15, 0.2) is 6.10 Å². The first kappa shape index (κ1) is 15.7. The van der Waals surface area contributed by atoms with Crippen LogP contribution in [0.4, 0.5) is 0 Å². The maximum absolute atomic E-state index is 12.2. The summed E-state index contributed by atoms with van der Waals surface area (Å²) in [6.07, 6.45) is -0.523. The zero-order valence-electron chi connectivity index (χ0n) is 13.3. The van der Waals surface area contributed by atoms with Crippen molar-refractivity contribution in [3.63, 3.8) is 0 Å². The molecule has 0 aliphatic heterocycles. The van der Waals surface area contributed by atoms with Crippen molar-refractivity contribution >= 4 is 23.0 Å². The first-order chi connectivity index (χ1) is 11.6. The second kappa shape index (κ2) is 6.54. The van der Waals surface area contributed by atoms with Gasteiger partial charge in [0, 0.05) is 0 Å². The van der Waals surface area contributed by atoms with E-state index in [1.54, 1.807) is 6.92 Å². The maximum Gasteiger partial charge on any atom is 0.338 e. The Labute approximate surface area is 138 Å². The van der Waals surface area contributed by atoms with Crippen molar-refractivity contribution in [1.82, 2.24) is 9.97 Å². The van der Waals surface area contributed by atoms with Gasteiger partial charge in [0.25, 0.3) is 0 Å². The Kier molecular flexibility index (Phi) is 4.29. The van der Waals surface area contributed by atoms with Gasteiger partial charge in [0.05, 0.1) is 29.3 Å². The van der Waals surface area contributed by atoms with Gasteiger partial charge in [-0.15, -0.1) is 0 Å². The number of methoxy groups -OCH3 is 1. The van der Waals surface area contributed by atoms with Crippen LogP contribution in [-0.2, 0) is 9.47 Å². The van der Waals surface area contributed by atoms with E-state index in [1.807, 2.05) is 24.3 Å². The van der Waals surface area contributed by atoms with Crippen LogP contribution in [0, 0.1) is 0 Å². The van der Waals surface area contributed by atoms with E-state index >= 15 is 0 Å². The summed E-state index contributed by atoms with van der Waals surface area (Å²) in [7, 11) is 1.31. The Hall–Kier alpha value is -3.15. The number of nitrogens with one attached hydrogen (secondary N) is 1. The van der Waals surface area contributed by atoms with Gasteiger partial charge in [-0.3, -0.25) is 0 Å². The Morgan fingerprint density at radius 1 is 1.00 bits per heavy atom. The molecule has 6 nitrogen and oxygen atoms in total. The molecule has 3 aromatic rings. The number of hydrogen-bond acceptors (Lipinski definition) is 5. The molecule has 0 aliphatic carbocycles. The third-order valence-electron chi connectivity index (χ3n) is 3.62. The summed E-state index contributed by atoms with van der Waals surface area (Å²) in [5.41, 5.74) is 2.43. The number of nitrogens with zero attached hydrogens (tertiary/aromatic N) is 1. The van der Waals surface area contributed by atoms with E-state index < -0.39 is 18.0 Å². The zero-order valence-corrected chi connectivity index (χ0v) is 13.3. The van der Waals surface area contributed by atoms with Gasteiger partial charge < -0.3 is 14.5 Å². The number of fused-ring (bicyclic) bond motifs is 1. The van der Waals surface area contributed by atoms with E-state index in [0.717, 1.165) is 11.0 Å². The number of carbonyl (C=O) groups is 2. The molecule has 3 rings (SSSR count). The number of hydrogen-bond donors (Lipinski definition) is 1. The van der Waals surface area contributed by atoms with Crippen LogP contribution in [-0.4, -0.2) is 29.0 Å². The Balaban J connectivity index is 1.72. The van der Waals surface area contributed by atoms with Crippen molar-refractivity contribution in [2.45, 2.75) is 13.0 Å². The van der Waals surface area contributed by atoms with E-state index in [0.29, 0.717) is 17.0 Å². The van der Waals surface area contributed by atoms with E-state index in [4.69, 9.17) is 4.74 Å². The fraction of sp³-hybridized carbons (Fsp3) is 0.167. The third kappa shape index (κ3) is 3.12. The number of rotatable bonds is 4. The lowest BCUT2D eigenvalue weighted by atomic mass is 10.1. The van der Waals surface area contributed by atoms with Crippen LogP contribution in [0.5, 0.6) is 0 Å². The van der Waals surface area contributed by atoms with Gasteiger partial charge in [-0.2, -0.15) is 0 Å². The van der Waals surface area contributed by atoms with E-state index in [2.05, 4.69) is 14.7 Å². The number of esters is 2. The van der Waals surface area contributed by atoms with Crippen molar-refractivity contribution < 1.29 is 19.1 Å². The van der Waals surface area contributed by atoms with Crippen LogP contribution < -0.4 is 0 Å². The van der Waals surface area contributed by atoms with Crippen LogP contribution in [0.15, 0.2) is 48.5 Å². The summed E-state index contributed by atoms with van der Waals surface area (Å²) < 4.78 is 10.1. The van der Waals surface area contributed by atoms with Crippen molar-refractivity contribution in [3.8, 4) is 0 Å². The molecule has 0 saturated carbocycles. The minimum Gasteiger partial charge on any atom is -0.465 e. The fourth-order valence-corrected chi connectivity index (χ4v) is 2.31. The molecule has 2 aromatic carbocycles. The van der Waals surface area contributed by atoms with Gasteiger partial charge >= 0.3 is 11.9 Å². The van der Waals surface area contributed by atoms with Gasteiger partial charge in [-0.1, -0.05) is 12.1 Å². The summed E-state index contributed by atoms with van der Waals surface area (Å²) in [4.78, 5) is 31.2. The van der Waals surface area contributed by atoms with Crippen molar-refractivity contribution in [2.75, 3.05) is 7.11 Å². The molecule has 6 heteroatoms. The molecule has 24 heavy (non-hydrogen) atoms. The largest absolute Gasteiger partial charge is 0.465 e. The Bertz CT molecular complexity index is 850. The van der Waals surface area contributed by atoms with Crippen molar-refractivity contribution in [2.24, 2.45) is 0 Å². The summed E-state index contributed by atoms with van der Waals surface area (Å²) in [5, 5.41) is 0. The van der Waals surface area contributed by atoms with Gasteiger partial charge in [0.1, 0.15) is 5.82 Å². The second-order valence-electron chi connectivity index (χ2n) is 5.26. The highest BCUT2D eigenvalue weighted by Crippen LogP contribution is 2.20. The topological polar surface area (TPSA) is 81.3 Å². The molecule has 1 unspecified atom stereocenters. The first-order valence-corrected chi connectivity index (χ1v) is 7.42. The van der Waals surface area contributed by atoms with E-state index in [-0.39, 0.29) is 0 Å². The number of H-pyrrole nitrogens is 1. The first-order valence-electron chi connectivity index (χ1n) is 7.42. The zero-order chi connectivity index (χ0) is 17.1. The normalized spacial score (nSPS) is 11.9. The monoisotopic (exact) mass is 324 g/mol. The molecule has 0 fully saturated rings. The number of para-hydroxylation sites is 2. The summed E-state index contributed by atoms with van der Waals surface area (Å²) in [6.45, 7) is 1.75. The number of aromatic amines is 1. The average molecular weight is 324 g/mol. The number of benzene rings is 2. The van der Waals surface area contributed by atoms with E-state index in [1.165, 1.54) is 31.4 Å². The molecule has 0 amide bonds. The van der Waals surface area contributed by atoms with Crippen LogP contribution in [0.2, 0.25) is 0 Å². The Morgan fingerprint density at radius 2 is 1.62 bits per heavy atom. The smallest absolute Gasteiger partial charge is 0.338 e. The molecule has 1 aromatic heterocycles. The highest BCUT2D eigenvalue weighted by atomic mass is 16.5. The molecule has 1 heterocycles. The molecule has 122 valence electrons. The standard InChI is InChI=1S/C18H16N2O4/c1-11(16-19-14-5-3-4-6-15(14)20-16)24-18(22)13-9-7-12(8-10-13)17(21)23-2/h3-11H,1-2H3,(H,19,20). The highest BCUT2D eigenvalue weighted by Gasteiger charge is 2.17. The molecular weight excluding hydrogens is 308 g/mol. The summed E-state index contributed by atoms with van der Waals surface area (Å²) >= 11 is 0. The Morgan fingerprint density at radius 3 is 2.25 bits per heavy atom. The predicted octanol–water partition coefficient (Wildman–Crippen LogP) is 3.27. The molecule has 1 N–H and O–H groups in total. The van der Waals surface area contributed by atoms with Gasteiger partial charge in [-0.25, -0.2) is 14.6 Å². The van der Waals surface area contributed by atoms with Crippen LogP contribution >= 0.6 is 0 Å². The summed E-state index contributed by atoms with van der Waals surface area (Å²) in [5.74, 6) is -0.360. The minimum atomic E-state index is -0.523. The van der Waals surface area contributed by atoms with Crippen LogP contribution in [0.3, 0.4) is 0 Å². The van der Waals surface area contributed by atoms with Crippen molar-refractivity contribution in [3.05, 3.63) is 65.5 Å². The van der Waals surface area contributed by atoms with Gasteiger partial charge in [0.2, 0.25) is 0 Å². The number of carbonyl (C=O) groups excluding carboxylic acids is 2. The lowest BCUT2D eigenvalue weighted by Gasteiger charge is -2.11. The quantitative estimate of drug-likeness (QED) is 0.745. The minimum absolute atomic E-state index is 0.352. The molecule has 1 atom stereocenters. The molecule has 0 aliphatic rings. The lowest BCUT2D eigenvalue weighted by Crippen LogP contribution is -2.11. The SMILES string of the molecule is COC(=O)c1ccc(C(=O)OC(C)c2nc3ccccc3[nH]2)cc1. The van der Waals surface area contributed by atoms with Crippen LogP contribution in [0.1, 0.15) is 39.6 Å². The molecule has 0 radical (unpaired) electrons. The fourth-order valence-electron chi connectivity index (χ4n) is 2.31. The van der Waals surface area contributed by atoms with Gasteiger partial charge in [-0.05, 0) is 43.3 Å². The lowest BCUT2D eigenvalue weighted by molar-refractivity contribution is 0.0321. The molecule has 0 spiro atoms. The average Bonchev–Trinajstić information content (AvgIpc) is 3.05. The third-order valence-corrected chi connectivity index (χ3v) is 3.62.